The van der Waals surface area contributed by atoms with Crippen molar-refractivity contribution < 1.29 is 0 Å². The van der Waals surface area contributed by atoms with Crippen molar-refractivity contribution in [2.75, 3.05) is 36.8 Å². The van der Waals surface area contributed by atoms with E-state index >= 15 is 0 Å². The van der Waals surface area contributed by atoms with Crippen molar-refractivity contribution in [3.63, 3.8) is 0 Å². The molecule has 4 aromatic carbocycles. The van der Waals surface area contributed by atoms with Crippen LogP contribution in [0.15, 0.2) is 105 Å². The molecule has 4 rings (SSSR count). The third kappa shape index (κ3) is 8.60. The van der Waals surface area contributed by atoms with Crippen molar-refractivity contribution in [1.29, 1.82) is 0 Å². The van der Waals surface area contributed by atoms with Crippen LogP contribution < -0.4 is 16.0 Å². The van der Waals surface area contributed by atoms with Gasteiger partial charge in [0.2, 0.25) is 0 Å². The van der Waals surface area contributed by atoms with Crippen molar-refractivity contribution in [2.24, 2.45) is 0 Å². The molecule has 0 unspecified atom stereocenters. The fourth-order valence-electron chi connectivity index (χ4n) is 4.08. The number of hydrogen-bond donors (Lipinski definition) is 3. The van der Waals surface area contributed by atoms with Crippen LogP contribution in [-0.2, 0) is 0 Å². The molecule has 3 nitrogen and oxygen atoms in total. The quantitative estimate of drug-likeness (QED) is 0.161. The molecule has 0 aliphatic carbocycles. The summed E-state index contributed by atoms with van der Waals surface area (Å²) in [5, 5.41) is 10.5. The van der Waals surface area contributed by atoms with Gasteiger partial charge < -0.3 is 16.0 Å². The molecule has 0 aliphatic heterocycles. The standard InChI is InChI=1S/C32H37N3S2/c1-23-5-15-31(25(3)21-23)36-29-11-7-27(8-12-29)34-19-17-33-18-20-35-28-9-13-30(14-10-28)37-32-16-6-24(2)22-26(32)4/h5-16,21-22,33-35H,17-20H2,1-4H3. The normalized spacial score (nSPS) is 10.9. The summed E-state index contributed by atoms with van der Waals surface area (Å²) < 4.78 is 0. The van der Waals surface area contributed by atoms with Crippen LogP contribution in [0.1, 0.15) is 22.3 Å². The Morgan fingerprint density at radius 2 is 0.892 bits per heavy atom. The Kier molecular flexibility index (Phi) is 10.0. The highest BCUT2D eigenvalue weighted by Crippen LogP contribution is 2.32. The Morgan fingerprint density at radius 3 is 1.27 bits per heavy atom. The molecule has 3 N–H and O–H groups in total. The molecule has 0 atom stereocenters. The molecule has 0 heterocycles. The Bertz CT molecular complexity index is 1180. The van der Waals surface area contributed by atoms with Gasteiger partial charge in [-0.05, 0) is 99.5 Å². The maximum atomic E-state index is 3.50. The summed E-state index contributed by atoms with van der Waals surface area (Å²) in [4.78, 5) is 5.16. The van der Waals surface area contributed by atoms with E-state index in [1.165, 1.54) is 41.8 Å². The van der Waals surface area contributed by atoms with E-state index in [0.717, 1.165) is 37.6 Å². The van der Waals surface area contributed by atoms with Crippen LogP contribution in [0.4, 0.5) is 11.4 Å². The van der Waals surface area contributed by atoms with E-state index in [4.69, 9.17) is 0 Å². The van der Waals surface area contributed by atoms with E-state index in [0.29, 0.717) is 0 Å². The summed E-state index contributed by atoms with van der Waals surface area (Å²) in [6.45, 7) is 12.3. The third-order valence-corrected chi connectivity index (χ3v) is 8.46. The molecule has 0 fully saturated rings. The van der Waals surface area contributed by atoms with Crippen molar-refractivity contribution in [3.8, 4) is 0 Å². The van der Waals surface area contributed by atoms with Crippen LogP contribution in [0, 0.1) is 27.7 Å². The fourth-order valence-corrected chi connectivity index (χ4v) is 5.84. The zero-order valence-electron chi connectivity index (χ0n) is 22.2. The van der Waals surface area contributed by atoms with Crippen LogP contribution in [0.2, 0.25) is 0 Å². The van der Waals surface area contributed by atoms with Gasteiger partial charge in [0.1, 0.15) is 0 Å². The van der Waals surface area contributed by atoms with E-state index < -0.39 is 0 Å². The van der Waals surface area contributed by atoms with Crippen LogP contribution in [-0.4, -0.2) is 26.2 Å². The Morgan fingerprint density at radius 1 is 0.486 bits per heavy atom. The predicted molar refractivity (Wildman–Crippen MR) is 163 cm³/mol. The van der Waals surface area contributed by atoms with Crippen molar-refractivity contribution in [1.82, 2.24) is 5.32 Å². The summed E-state index contributed by atoms with van der Waals surface area (Å²) in [6.07, 6.45) is 0. The molecule has 0 bridgehead atoms. The zero-order valence-corrected chi connectivity index (χ0v) is 23.9. The van der Waals surface area contributed by atoms with Gasteiger partial charge in [0.15, 0.2) is 0 Å². The molecule has 0 saturated heterocycles. The lowest BCUT2D eigenvalue weighted by Crippen LogP contribution is -2.27. The molecule has 0 spiro atoms. The highest BCUT2D eigenvalue weighted by atomic mass is 32.2. The first kappa shape index (κ1) is 27.2. The van der Waals surface area contributed by atoms with Gasteiger partial charge in [-0.2, -0.15) is 0 Å². The van der Waals surface area contributed by atoms with E-state index in [-0.39, 0.29) is 0 Å². The number of rotatable bonds is 12. The number of nitrogens with one attached hydrogen (secondary N) is 3. The maximum Gasteiger partial charge on any atom is 0.0341 e. The van der Waals surface area contributed by atoms with Crippen LogP contribution >= 0.6 is 23.5 Å². The fraction of sp³-hybridized carbons (Fsp3) is 0.250. The summed E-state index contributed by atoms with van der Waals surface area (Å²) in [6, 6.07) is 30.7. The molecule has 0 aromatic heterocycles. The molecule has 37 heavy (non-hydrogen) atoms. The Hall–Kier alpha value is -2.86. The summed E-state index contributed by atoms with van der Waals surface area (Å²) >= 11 is 3.64. The summed E-state index contributed by atoms with van der Waals surface area (Å²) in [5.41, 5.74) is 7.59. The highest BCUT2D eigenvalue weighted by molar-refractivity contribution is 7.99. The van der Waals surface area contributed by atoms with Crippen molar-refractivity contribution in [2.45, 2.75) is 47.3 Å². The first-order chi connectivity index (χ1) is 18.0. The van der Waals surface area contributed by atoms with Crippen LogP contribution in [0.25, 0.3) is 0 Å². The third-order valence-electron chi connectivity index (χ3n) is 6.09. The molecule has 0 aliphatic rings. The number of hydrogen-bond acceptors (Lipinski definition) is 5. The maximum absolute atomic E-state index is 3.50. The van der Waals surface area contributed by atoms with E-state index in [2.05, 4.69) is 129 Å². The first-order valence-corrected chi connectivity index (χ1v) is 14.5. The van der Waals surface area contributed by atoms with E-state index in [1.54, 1.807) is 0 Å². The predicted octanol–water partition coefficient (Wildman–Crippen LogP) is 8.34. The second kappa shape index (κ2) is 13.6. The Balaban J connectivity index is 1.10. The lowest BCUT2D eigenvalue weighted by atomic mass is 10.2. The molecule has 0 radical (unpaired) electrons. The minimum absolute atomic E-state index is 0.897. The molecular weight excluding hydrogens is 491 g/mol. The number of anilines is 2. The summed E-state index contributed by atoms with van der Waals surface area (Å²) in [5.74, 6) is 0. The largest absolute Gasteiger partial charge is 0.384 e. The van der Waals surface area contributed by atoms with Gasteiger partial charge >= 0.3 is 0 Å². The first-order valence-electron chi connectivity index (χ1n) is 12.8. The molecule has 192 valence electrons. The average Bonchev–Trinajstić information content (AvgIpc) is 2.88. The van der Waals surface area contributed by atoms with Crippen LogP contribution in [0.5, 0.6) is 0 Å². The van der Waals surface area contributed by atoms with Crippen LogP contribution in [0.3, 0.4) is 0 Å². The SMILES string of the molecule is Cc1ccc(Sc2ccc(NCCNCCNc3ccc(Sc4ccc(C)cc4C)cc3)cc2)c(C)c1. The van der Waals surface area contributed by atoms with Gasteiger partial charge in [-0.25, -0.2) is 0 Å². The smallest absolute Gasteiger partial charge is 0.0341 e. The topological polar surface area (TPSA) is 36.1 Å². The van der Waals surface area contributed by atoms with Gasteiger partial charge in [-0.1, -0.05) is 58.9 Å². The van der Waals surface area contributed by atoms with Gasteiger partial charge in [0, 0.05) is 57.1 Å². The minimum Gasteiger partial charge on any atom is -0.384 e. The lowest BCUT2D eigenvalue weighted by Gasteiger charge is -2.11. The van der Waals surface area contributed by atoms with Crippen molar-refractivity contribution >= 4 is 34.9 Å². The summed E-state index contributed by atoms with van der Waals surface area (Å²) in [7, 11) is 0. The second-order valence-electron chi connectivity index (χ2n) is 9.39. The van der Waals surface area contributed by atoms with Gasteiger partial charge in [-0.3, -0.25) is 0 Å². The van der Waals surface area contributed by atoms with E-state index in [1.807, 2.05) is 23.5 Å². The molecule has 0 saturated carbocycles. The van der Waals surface area contributed by atoms with Gasteiger partial charge in [-0.15, -0.1) is 0 Å². The average molecular weight is 528 g/mol. The number of benzene rings is 4. The highest BCUT2D eigenvalue weighted by Gasteiger charge is 2.03. The van der Waals surface area contributed by atoms with E-state index in [9.17, 15) is 0 Å². The zero-order chi connectivity index (χ0) is 26.0. The molecule has 5 heteroatoms. The molecule has 0 amide bonds. The minimum atomic E-state index is 0.897. The molecular formula is C32H37N3S2. The Labute approximate surface area is 230 Å². The monoisotopic (exact) mass is 527 g/mol. The van der Waals surface area contributed by atoms with Crippen molar-refractivity contribution in [3.05, 3.63) is 107 Å². The van der Waals surface area contributed by atoms with Gasteiger partial charge in [0.05, 0.1) is 0 Å². The number of aryl methyl sites for hydroxylation is 4. The molecule has 4 aromatic rings. The van der Waals surface area contributed by atoms with Gasteiger partial charge in [0.25, 0.3) is 0 Å². The second-order valence-corrected chi connectivity index (χ2v) is 11.6. The lowest BCUT2D eigenvalue weighted by molar-refractivity contribution is 0.719.